The Morgan fingerprint density at radius 2 is 1.72 bits per heavy atom. The summed E-state index contributed by atoms with van der Waals surface area (Å²) in [6.45, 7) is 1.60. The molecular weight excluding hydrogens is 439 g/mol. The first-order valence-corrected chi connectivity index (χ1v) is 11.2. The Kier molecular flexibility index (Phi) is 6.61. The number of rotatable bonds is 6. The molecule has 2 heterocycles. The van der Waals surface area contributed by atoms with E-state index in [-0.39, 0.29) is 11.8 Å². The van der Waals surface area contributed by atoms with Gasteiger partial charge in [-0.1, -0.05) is 24.3 Å². The Hall–Kier alpha value is -2.72. The molecule has 6 nitrogen and oxygen atoms in total. The van der Waals surface area contributed by atoms with E-state index in [2.05, 4.69) is 15.0 Å². The molecule has 0 bridgehead atoms. The molecule has 1 aliphatic heterocycles. The summed E-state index contributed by atoms with van der Waals surface area (Å²) in [6, 6.07) is 14.4. The number of nitrogens with zero attached hydrogens (tertiary/aromatic N) is 3. The predicted molar refractivity (Wildman–Crippen MR) is 120 cm³/mol. The van der Waals surface area contributed by atoms with Crippen molar-refractivity contribution < 1.29 is 22.2 Å². The van der Waals surface area contributed by atoms with Crippen LogP contribution in [0.3, 0.4) is 0 Å². The van der Waals surface area contributed by atoms with Gasteiger partial charge in [-0.3, -0.25) is 4.31 Å². The molecule has 3 aromatic rings. The number of nitrogens with one attached hydrogen (secondary N) is 2. The van der Waals surface area contributed by atoms with Gasteiger partial charge in [0.2, 0.25) is 5.95 Å². The van der Waals surface area contributed by atoms with E-state index >= 15 is 0 Å². The SMILES string of the molecule is CN(C)c1nc(NC2CC[NH+](Sc3ccccc3OC(F)(F)F)CC2)nc2ccccc12. The number of hydrogen-bond donors (Lipinski definition) is 2. The van der Waals surface area contributed by atoms with Crippen LogP contribution in [0.4, 0.5) is 24.9 Å². The third-order valence-corrected chi connectivity index (χ3v) is 6.47. The van der Waals surface area contributed by atoms with Crippen molar-refractivity contribution in [3.63, 3.8) is 0 Å². The summed E-state index contributed by atoms with van der Waals surface area (Å²) in [5, 5.41) is 4.45. The lowest BCUT2D eigenvalue weighted by Crippen LogP contribution is -3.07. The van der Waals surface area contributed by atoms with Crippen molar-refractivity contribution in [3.05, 3.63) is 48.5 Å². The maximum Gasteiger partial charge on any atom is 0.573 e. The number of alkyl halides is 3. The predicted octanol–water partition coefficient (Wildman–Crippen LogP) is 3.76. The van der Waals surface area contributed by atoms with E-state index in [0.29, 0.717) is 10.8 Å². The largest absolute Gasteiger partial charge is 0.573 e. The number of piperidine rings is 1. The minimum atomic E-state index is -4.70. The van der Waals surface area contributed by atoms with Crippen molar-refractivity contribution in [3.8, 4) is 5.75 Å². The van der Waals surface area contributed by atoms with Crippen LogP contribution in [0.15, 0.2) is 53.4 Å². The number of quaternary nitrogens is 1. The van der Waals surface area contributed by atoms with Crippen molar-refractivity contribution in [1.29, 1.82) is 0 Å². The molecule has 2 N–H and O–H groups in total. The van der Waals surface area contributed by atoms with Gasteiger partial charge in [0.1, 0.15) is 28.4 Å². The molecule has 0 radical (unpaired) electrons. The maximum absolute atomic E-state index is 12.7. The molecular formula is C22H25F3N5OS+. The van der Waals surface area contributed by atoms with Crippen molar-refractivity contribution in [1.82, 2.24) is 9.97 Å². The van der Waals surface area contributed by atoms with Crippen LogP contribution >= 0.6 is 11.9 Å². The summed E-state index contributed by atoms with van der Waals surface area (Å²) in [5.74, 6) is 1.30. The summed E-state index contributed by atoms with van der Waals surface area (Å²) in [5.41, 5.74) is 0.883. The third kappa shape index (κ3) is 5.55. The first-order chi connectivity index (χ1) is 15.3. The fourth-order valence-electron chi connectivity index (χ4n) is 3.73. The summed E-state index contributed by atoms with van der Waals surface area (Å²) < 4.78 is 43.3. The summed E-state index contributed by atoms with van der Waals surface area (Å²) in [4.78, 5) is 11.8. The summed E-state index contributed by atoms with van der Waals surface area (Å²) in [6.07, 6.45) is -2.98. The molecule has 1 aliphatic rings. The topological polar surface area (TPSA) is 54.7 Å². The fourth-order valence-corrected chi connectivity index (χ4v) is 4.84. The highest BCUT2D eigenvalue weighted by Crippen LogP contribution is 2.31. The van der Waals surface area contributed by atoms with Crippen LogP contribution in [-0.2, 0) is 0 Å². The van der Waals surface area contributed by atoms with Crippen molar-refractivity contribution in [2.45, 2.75) is 30.1 Å². The Bertz CT molecular complexity index is 1070. The number of hydrogen-bond acceptors (Lipinski definition) is 6. The Morgan fingerprint density at radius 3 is 2.44 bits per heavy atom. The molecule has 10 heteroatoms. The first-order valence-electron chi connectivity index (χ1n) is 10.4. The maximum atomic E-state index is 12.7. The molecule has 0 amide bonds. The van der Waals surface area contributed by atoms with E-state index in [1.807, 2.05) is 43.3 Å². The molecule has 1 fully saturated rings. The molecule has 0 aliphatic carbocycles. The zero-order valence-corrected chi connectivity index (χ0v) is 18.6. The monoisotopic (exact) mass is 464 g/mol. The number of fused-ring (bicyclic) bond motifs is 1. The smallest absolute Gasteiger partial charge is 0.404 e. The lowest BCUT2D eigenvalue weighted by atomic mass is 10.1. The van der Waals surface area contributed by atoms with E-state index < -0.39 is 6.36 Å². The van der Waals surface area contributed by atoms with Crippen LogP contribution in [-0.4, -0.2) is 49.6 Å². The minimum absolute atomic E-state index is 0.154. The van der Waals surface area contributed by atoms with Gasteiger partial charge in [-0.25, -0.2) is 4.98 Å². The van der Waals surface area contributed by atoms with E-state index in [4.69, 9.17) is 4.98 Å². The zero-order chi connectivity index (χ0) is 22.7. The zero-order valence-electron chi connectivity index (χ0n) is 17.8. The second kappa shape index (κ2) is 9.41. The molecule has 170 valence electrons. The molecule has 1 aromatic heterocycles. The van der Waals surface area contributed by atoms with Gasteiger partial charge in [0, 0.05) is 38.4 Å². The highest BCUT2D eigenvalue weighted by molar-refractivity contribution is 7.93. The van der Waals surface area contributed by atoms with Crippen LogP contribution in [0.5, 0.6) is 5.75 Å². The summed E-state index contributed by atoms with van der Waals surface area (Å²) in [7, 11) is 3.91. The first kappa shape index (κ1) is 22.5. The number of aromatic nitrogens is 2. The molecule has 4 rings (SSSR count). The van der Waals surface area contributed by atoms with Gasteiger partial charge in [0.15, 0.2) is 0 Å². The van der Waals surface area contributed by atoms with Crippen LogP contribution in [0.2, 0.25) is 0 Å². The van der Waals surface area contributed by atoms with Crippen LogP contribution in [0.1, 0.15) is 12.8 Å². The Labute approximate surface area is 188 Å². The van der Waals surface area contributed by atoms with Gasteiger partial charge in [-0.2, -0.15) is 4.98 Å². The average molecular weight is 465 g/mol. The fraction of sp³-hybridized carbons (Fsp3) is 0.364. The van der Waals surface area contributed by atoms with E-state index in [0.717, 1.165) is 47.0 Å². The van der Waals surface area contributed by atoms with Gasteiger partial charge in [0.05, 0.1) is 18.6 Å². The number of halogens is 3. The van der Waals surface area contributed by atoms with Crippen molar-refractivity contribution >= 4 is 34.6 Å². The van der Waals surface area contributed by atoms with Crippen LogP contribution in [0, 0.1) is 0 Å². The highest BCUT2D eigenvalue weighted by atomic mass is 32.2. The molecule has 0 saturated carbocycles. The second-order valence-corrected chi connectivity index (χ2v) is 9.06. The lowest BCUT2D eigenvalue weighted by Gasteiger charge is -2.28. The van der Waals surface area contributed by atoms with Gasteiger partial charge in [-0.15, -0.1) is 13.2 Å². The molecule has 32 heavy (non-hydrogen) atoms. The standard InChI is InChI=1S/C22H24F3N5OS/c1-29(2)20-16-7-3-4-8-17(16)27-21(28-20)26-15-11-13-30(14-12-15)32-19-10-6-5-9-18(19)31-22(23,24)25/h3-10,15H,11-14H2,1-2H3,(H,26,27,28)/p+1. The Morgan fingerprint density at radius 1 is 1.03 bits per heavy atom. The van der Waals surface area contributed by atoms with Crippen LogP contribution < -0.4 is 19.3 Å². The van der Waals surface area contributed by atoms with Gasteiger partial charge >= 0.3 is 6.36 Å². The quantitative estimate of drug-likeness (QED) is 0.542. The molecule has 1 saturated heterocycles. The van der Waals surface area contributed by atoms with Gasteiger partial charge in [0.25, 0.3) is 0 Å². The third-order valence-electron chi connectivity index (χ3n) is 5.21. The van der Waals surface area contributed by atoms with Crippen molar-refractivity contribution in [2.75, 3.05) is 37.4 Å². The average Bonchev–Trinajstić information content (AvgIpc) is 2.75. The number of anilines is 2. The van der Waals surface area contributed by atoms with E-state index in [1.54, 1.807) is 18.2 Å². The lowest BCUT2D eigenvalue weighted by molar-refractivity contribution is -0.762. The normalized spacial score (nSPS) is 19.0. The number of para-hydroxylation sites is 2. The van der Waals surface area contributed by atoms with Crippen molar-refractivity contribution in [2.24, 2.45) is 0 Å². The summed E-state index contributed by atoms with van der Waals surface area (Å²) >= 11 is 1.37. The van der Waals surface area contributed by atoms with Crippen LogP contribution in [0.25, 0.3) is 10.9 Å². The Balaban J connectivity index is 1.39. The van der Waals surface area contributed by atoms with Gasteiger partial charge in [-0.05, 0) is 24.3 Å². The highest BCUT2D eigenvalue weighted by Gasteiger charge is 2.33. The van der Waals surface area contributed by atoms with E-state index in [9.17, 15) is 13.2 Å². The number of ether oxygens (including phenoxy) is 1. The molecule has 0 unspecified atom stereocenters. The van der Waals surface area contributed by atoms with E-state index in [1.165, 1.54) is 18.0 Å². The molecule has 0 spiro atoms. The molecule has 0 atom stereocenters. The second-order valence-electron chi connectivity index (χ2n) is 7.84. The van der Waals surface area contributed by atoms with Gasteiger partial charge < -0.3 is 15.0 Å². The minimum Gasteiger partial charge on any atom is -0.404 e. The molecule has 2 aromatic carbocycles. The number of benzene rings is 2.